The summed E-state index contributed by atoms with van der Waals surface area (Å²) in [4.78, 5) is 25.6. The number of carbonyl (C=O) groups excluding carboxylic acids is 2. The van der Waals surface area contributed by atoms with Crippen molar-refractivity contribution in [2.75, 3.05) is 20.7 Å². The molecule has 106 valence electrons. The molecule has 0 aliphatic heterocycles. The van der Waals surface area contributed by atoms with Gasteiger partial charge in [0.1, 0.15) is 6.04 Å². The summed E-state index contributed by atoms with van der Waals surface area (Å²) in [5.41, 5.74) is 0. The number of hydrogen-bond donors (Lipinski definition) is 1. The molecule has 7 heteroatoms. The zero-order valence-corrected chi connectivity index (χ0v) is 12.7. The van der Waals surface area contributed by atoms with Crippen LogP contribution in [0.25, 0.3) is 0 Å². The normalized spacial score (nSPS) is 12.3. The highest BCUT2D eigenvalue weighted by Crippen LogP contribution is 2.22. The standard InChI is InChI=1S/C12H17ClN2O3S/c1-8(16)14-10(12(17)18-3)7-15(2)6-9-4-5-11(13)19-9/h4-5,10H,6-7H2,1-3H3,(H,14,16). The molecular formula is C12H17ClN2O3S. The molecule has 0 aromatic carbocycles. The Labute approximate surface area is 121 Å². The van der Waals surface area contributed by atoms with Crippen LogP contribution in [-0.4, -0.2) is 43.5 Å². The minimum atomic E-state index is -0.664. The zero-order chi connectivity index (χ0) is 14.4. The minimum Gasteiger partial charge on any atom is -0.467 e. The molecule has 1 amide bonds. The Morgan fingerprint density at radius 3 is 2.68 bits per heavy atom. The second-order valence-electron chi connectivity index (χ2n) is 4.18. The summed E-state index contributed by atoms with van der Waals surface area (Å²) >= 11 is 7.35. The number of carbonyl (C=O) groups is 2. The number of amides is 1. The number of halogens is 1. The van der Waals surface area contributed by atoms with Gasteiger partial charge in [-0.3, -0.25) is 9.69 Å². The molecule has 0 saturated carbocycles. The molecule has 5 nitrogen and oxygen atoms in total. The Balaban J connectivity index is 2.57. The number of esters is 1. The van der Waals surface area contributed by atoms with Crippen molar-refractivity contribution in [1.82, 2.24) is 10.2 Å². The average Bonchev–Trinajstić information content (AvgIpc) is 2.72. The zero-order valence-electron chi connectivity index (χ0n) is 11.1. The molecule has 0 fully saturated rings. The highest BCUT2D eigenvalue weighted by molar-refractivity contribution is 7.16. The molecule has 1 unspecified atom stereocenters. The van der Waals surface area contributed by atoms with Gasteiger partial charge in [0.2, 0.25) is 5.91 Å². The third-order valence-corrected chi connectivity index (χ3v) is 3.63. The topological polar surface area (TPSA) is 58.6 Å². The van der Waals surface area contributed by atoms with Crippen LogP contribution in [-0.2, 0) is 20.9 Å². The molecule has 0 spiro atoms. The third kappa shape index (κ3) is 5.59. The molecule has 1 heterocycles. The van der Waals surface area contributed by atoms with Crippen LogP contribution in [0.2, 0.25) is 4.34 Å². The molecule has 0 radical (unpaired) electrons. The van der Waals surface area contributed by atoms with Crippen molar-refractivity contribution in [3.8, 4) is 0 Å². The van der Waals surface area contributed by atoms with Gasteiger partial charge in [-0.2, -0.15) is 0 Å². The molecule has 0 saturated heterocycles. The van der Waals surface area contributed by atoms with Crippen molar-refractivity contribution in [2.24, 2.45) is 0 Å². The monoisotopic (exact) mass is 304 g/mol. The summed E-state index contributed by atoms with van der Waals surface area (Å²) in [5.74, 6) is -0.714. The van der Waals surface area contributed by atoms with E-state index >= 15 is 0 Å². The van der Waals surface area contributed by atoms with Gasteiger partial charge in [0.15, 0.2) is 0 Å². The fourth-order valence-corrected chi connectivity index (χ4v) is 2.81. The molecule has 1 aromatic rings. The second kappa shape index (κ2) is 7.47. The summed E-state index contributed by atoms with van der Waals surface area (Å²) in [5, 5.41) is 2.57. The predicted molar refractivity (Wildman–Crippen MR) is 75.3 cm³/mol. The smallest absolute Gasteiger partial charge is 0.329 e. The van der Waals surface area contributed by atoms with E-state index in [0.29, 0.717) is 13.1 Å². The Morgan fingerprint density at radius 1 is 1.53 bits per heavy atom. The van der Waals surface area contributed by atoms with Crippen LogP contribution in [0.4, 0.5) is 0 Å². The first-order valence-corrected chi connectivity index (χ1v) is 6.89. The first-order chi connectivity index (χ1) is 8.92. The van der Waals surface area contributed by atoms with Gasteiger partial charge < -0.3 is 10.1 Å². The van der Waals surface area contributed by atoms with Gasteiger partial charge in [0.05, 0.1) is 11.4 Å². The summed E-state index contributed by atoms with van der Waals surface area (Å²) in [6.07, 6.45) is 0. The fourth-order valence-electron chi connectivity index (χ4n) is 1.65. The molecule has 0 bridgehead atoms. The third-order valence-electron chi connectivity index (χ3n) is 2.41. The van der Waals surface area contributed by atoms with Crippen LogP contribution in [0.15, 0.2) is 12.1 Å². The van der Waals surface area contributed by atoms with Crippen molar-refractivity contribution >= 4 is 34.8 Å². The summed E-state index contributed by atoms with van der Waals surface area (Å²) in [7, 11) is 3.17. The number of nitrogens with one attached hydrogen (secondary N) is 1. The molecular weight excluding hydrogens is 288 g/mol. The highest BCUT2D eigenvalue weighted by atomic mass is 35.5. The summed E-state index contributed by atoms with van der Waals surface area (Å²) in [6, 6.07) is 3.11. The Morgan fingerprint density at radius 2 is 2.21 bits per heavy atom. The van der Waals surface area contributed by atoms with Crippen molar-refractivity contribution in [2.45, 2.75) is 19.5 Å². The number of rotatable bonds is 6. The molecule has 19 heavy (non-hydrogen) atoms. The molecule has 1 aromatic heterocycles. The van der Waals surface area contributed by atoms with Gasteiger partial charge in [-0.25, -0.2) is 4.79 Å². The molecule has 0 aliphatic carbocycles. The van der Waals surface area contributed by atoms with E-state index in [4.69, 9.17) is 11.6 Å². The van der Waals surface area contributed by atoms with Gasteiger partial charge in [0.25, 0.3) is 0 Å². The maximum Gasteiger partial charge on any atom is 0.329 e. The Bertz CT molecular complexity index is 450. The van der Waals surface area contributed by atoms with Gasteiger partial charge in [-0.15, -0.1) is 11.3 Å². The number of ether oxygens (including phenoxy) is 1. The van der Waals surface area contributed by atoms with Crippen LogP contribution in [0, 0.1) is 0 Å². The SMILES string of the molecule is COC(=O)C(CN(C)Cc1ccc(Cl)s1)NC(C)=O. The minimum absolute atomic E-state index is 0.261. The lowest BCUT2D eigenvalue weighted by atomic mass is 10.2. The second-order valence-corrected chi connectivity index (χ2v) is 5.98. The fraction of sp³-hybridized carbons (Fsp3) is 0.500. The highest BCUT2D eigenvalue weighted by Gasteiger charge is 2.22. The van der Waals surface area contributed by atoms with Gasteiger partial charge in [0, 0.05) is 24.9 Å². The molecule has 1 N–H and O–H groups in total. The lowest BCUT2D eigenvalue weighted by Crippen LogP contribution is -2.47. The van der Waals surface area contributed by atoms with Gasteiger partial charge >= 0.3 is 5.97 Å². The number of methoxy groups -OCH3 is 1. The van der Waals surface area contributed by atoms with Crippen LogP contribution in [0.1, 0.15) is 11.8 Å². The number of likely N-dealkylation sites (N-methyl/N-ethyl adjacent to an activating group) is 1. The number of thiophene rings is 1. The number of hydrogen-bond acceptors (Lipinski definition) is 5. The summed E-state index contributed by atoms with van der Waals surface area (Å²) in [6.45, 7) is 2.40. The van der Waals surface area contributed by atoms with E-state index in [0.717, 1.165) is 9.21 Å². The maximum atomic E-state index is 11.6. The number of nitrogens with zero attached hydrogens (tertiary/aromatic N) is 1. The summed E-state index contributed by atoms with van der Waals surface area (Å²) < 4.78 is 5.40. The van der Waals surface area contributed by atoms with E-state index in [1.807, 2.05) is 24.1 Å². The molecule has 1 atom stereocenters. The van der Waals surface area contributed by atoms with E-state index in [2.05, 4.69) is 10.1 Å². The maximum absolute atomic E-state index is 11.6. The van der Waals surface area contributed by atoms with Crippen LogP contribution < -0.4 is 5.32 Å². The van der Waals surface area contributed by atoms with Crippen molar-refractivity contribution in [3.05, 3.63) is 21.3 Å². The van der Waals surface area contributed by atoms with E-state index < -0.39 is 12.0 Å². The largest absolute Gasteiger partial charge is 0.467 e. The van der Waals surface area contributed by atoms with Crippen molar-refractivity contribution in [1.29, 1.82) is 0 Å². The van der Waals surface area contributed by atoms with Gasteiger partial charge in [-0.1, -0.05) is 11.6 Å². The van der Waals surface area contributed by atoms with Crippen molar-refractivity contribution in [3.63, 3.8) is 0 Å². The Kier molecular flexibility index (Phi) is 6.27. The Hall–Kier alpha value is -1.11. The van der Waals surface area contributed by atoms with Crippen LogP contribution in [0.5, 0.6) is 0 Å². The first-order valence-electron chi connectivity index (χ1n) is 5.70. The predicted octanol–water partition coefficient (Wildman–Crippen LogP) is 1.51. The van der Waals surface area contributed by atoms with E-state index in [1.165, 1.54) is 25.4 Å². The lowest BCUT2D eigenvalue weighted by molar-refractivity contribution is -0.145. The molecule has 0 aliphatic rings. The van der Waals surface area contributed by atoms with Gasteiger partial charge in [-0.05, 0) is 19.2 Å². The first kappa shape index (κ1) is 15.9. The quantitative estimate of drug-likeness (QED) is 0.809. The van der Waals surface area contributed by atoms with Crippen LogP contribution >= 0.6 is 22.9 Å². The average molecular weight is 305 g/mol. The van der Waals surface area contributed by atoms with E-state index in [-0.39, 0.29) is 5.91 Å². The van der Waals surface area contributed by atoms with Crippen LogP contribution in [0.3, 0.4) is 0 Å². The molecule has 1 rings (SSSR count). The van der Waals surface area contributed by atoms with E-state index in [9.17, 15) is 9.59 Å². The van der Waals surface area contributed by atoms with E-state index in [1.54, 1.807) is 0 Å². The van der Waals surface area contributed by atoms with Crippen molar-refractivity contribution < 1.29 is 14.3 Å². The lowest BCUT2D eigenvalue weighted by Gasteiger charge is -2.22.